The van der Waals surface area contributed by atoms with Crippen LogP contribution in [0.5, 0.6) is 0 Å². The Bertz CT molecular complexity index is 3000. The van der Waals surface area contributed by atoms with Crippen molar-refractivity contribution in [1.29, 1.82) is 0 Å². The Labute approximate surface area is 357 Å². The number of benzene rings is 8. The molecule has 2 heterocycles. The normalized spacial score (nSPS) is 10.9. The molecule has 10 aromatic rings. The fraction of sp³-hybridized carbons (Fsp3) is 0. The van der Waals surface area contributed by atoms with Crippen LogP contribution in [-0.4, -0.2) is 19.9 Å². The molecule has 0 saturated carbocycles. The minimum absolute atomic E-state index is 0. The maximum Gasteiger partial charge on any atom is 0.164 e. The first-order valence-corrected chi connectivity index (χ1v) is 19.4. The fourth-order valence-corrected chi connectivity index (χ4v) is 7.53. The Morgan fingerprint density at radius 2 is 0.729 bits per heavy atom. The average Bonchev–Trinajstić information content (AvgIpc) is 3.32. The molecule has 5 heteroatoms. The first-order valence-electron chi connectivity index (χ1n) is 19.4. The molecule has 2 aromatic heterocycles. The van der Waals surface area contributed by atoms with E-state index in [1.807, 2.05) is 42.6 Å². The smallest absolute Gasteiger partial charge is 0.164 e. The van der Waals surface area contributed by atoms with Gasteiger partial charge in [-0.2, -0.15) is 0 Å². The number of nitrogens with zero attached hydrogens (tertiary/aromatic N) is 4. The number of rotatable bonds is 8. The second kappa shape index (κ2) is 16.7. The summed E-state index contributed by atoms with van der Waals surface area (Å²) < 4.78 is 0. The molecule has 0 amide bonds. The fourth-order valence-electron chi connectivity index (χ4n) is 7.53. The molecule has 0 bridgehead atoms. The van der Waals surface area contributed by atoms with Crippen molar-refractivity contribution < 1.29 is 20.1 Å². The van der Waals surface area contributed by atoms with E-state index >= 15 is 0 Å². The van der Waals surface area contributed by atoms with Gasteiger partial charge in [-0.25, -0.2) is 15.0 Å². The van der Waals surface area contributed by atoms with E-state index in [-0.39, 0.29) is 20.1 Å². The summed E-state index contributed by atoms with van der Waals surface area (Å²) in [5.74, 6) is 1.76. The van der Waals surface area contributed by atoms with E-state index in [1.165, 1.54) is 11.1 Å². The number of pyridine rings is 1. The van der Waals surface area contributed by atoms with Crippen molar-refractivity contribution in [1.82, 2.24) is 19.9 Å². The van der Waals surface area contributed by atoms with E-state index in [1.54, 1.807) is 0 Å². The second-order valence-electron chi connectivity index (χ2n) is 14.2. The second-order valence-corrected chi connectivity index (χ2v) is 14.2. The van der Waals surface area contributed by atoms with Crippen LogP contribution < -0.4 is 0 Å². The first kappa shape index (κ1) is 37.4. The Kier molecular flexibility index (Phi) is 10.6. The molecular formula is C54H35IrN4-. The molecule has 10 rings (SSSR count). The van der Waals surface area contributed by atoms with Gasteiger partial charge >= 0.3 is 0 Å². The molecule has 281 valence electrons. The van der Waals surface area contributed by atoms with E-state index in [0.29, 0.717) is 17.5 Å². The molecule has 0 spiro atoms. The Balaban J connectivity index is 0.00000449. The monoisotopic (exact) mass is 932 g/mol. The molecule has 0 aliphatic heterocycles. The third-order valence-corrected chi connectivity index (χ3v) is 10.5. The molecule has 0 aliphatic carbocycles. The summed E-state index contributed by atoms with van der Waals surface area (Å²) in [6.45, 7) is 0. The third-order valence-electron chi connectivity index (χ3n) is 10.5. The summed E-state index contributed by atoms with van der Waals surface area (Å²) in [7, 11) is 0. The molecule has 4 nitrogen and oxygen atoms in total. The predicted octanol–water partition coefficient (Wildman–Crippen LogP) is 13.6. The summed E-state index contributed by atoms with van der Waals surface area (Å²) in [5.41, 5.74) is 13.4. The van der Waals surface area contributed by atoms with Crippen molar-refractivity contribution in [2.45, 2.75) is 0 Å². The van der Waals surface area contributed by atoms with Gasteiger partial charge in [0.2, 0.25) is 0 Å². The Morgan fingerprint density at radius 1 is 0.322 bits per heavy atom. The SMILES string of the molecule is [Ir].[c-]1ccc(-c2nc(-c3cccc(-c4ccccc4)c3)nc(-c3cccc(-c4cc(-c5ccccc5)cc(-c5ccccc5)c4)c3)n2)cc1-c1nccc2ccccc12. The van der Waals surface area contributed by atoms with Crippen molar-refractivity contribution >= 4 is 10.8 Å². The van der Waals surface area contributed by atoms with E-state index < -0.39 is 0 Å². The molecule has 0 N–H and O–H groups in total. The van der Waals surface area contributed by atoms with Crippen LogP contribution in [0.2, 0.25) is 0 Å². The molecule has 0 fully saturated rings. The van der Waals surface area contributed by atoms with Crippen LogP contribution in [0, 0.1) is 6.07 Å². The topological polar surface area (TPSA) is 51.6 Å². The number of fused-ring (bicyclic) bond motifs is 1. The average molecular weight is 932 g/mol. The largest absolute Gasteiger partial charge is 0.304 e. The van der Waals surface area contributed by atoms with Crippen LogP contribution in [0.15, 0.2) is 212 Å². The van der Waals surface area contributed by atoms with Gasteiger partial charge in [-0.15, -0.1) is 29.8 Å². The minimum atomic E-state index is 0. The standard InChI is InChI=1S/C54H35N4.Ir/c1-4-15-37(16-5-1)41-22-12-25-44(31-41)52-56-53(58-54(57-52)46-27-14-24-43(33-46)51-50-28-11-10-21-40(50)29-30-55-51)45-26-13-23-42(32-45)49-35-47(38-17-6-2-7-18-38)34-48(36-49)39-19-8-3-9-20-39;/h1-23,25-36H;/q-1;. The molecular weight excluding hydrogens is 897 g/mol. The van der Waals surface area contributed by atoms with Gasteiger partial charge in [-0.1, -0.05) is 157 Å². The molecule has 0 saturated heterocycles. The molecule has 0 aliphatic rings. The number of hydrogen-bond donors (Lipinski definition) is 0. The van der Waals surface area contributed by atoms with Crippen LogP contribution in [0.3, 0.4) is 0 Å². The zero-order valence-electron chi connectivity index (χ0n) is 31.8. The Hall–Kier alpha value is -7.17. The van der Waals surface area contributed by atoms with Gasteiger partial charge in [-0.3, -0.25) is 0 Å². The summed E-state index contributed by atoms with van der Waals surface area (Å²) in [5, 5.41) is 2.19. The van der Waals surface area contributed by atoms with Crippen molar-refractivity contribution in [2.75, 3.05) is 0 Å². The van der Waals surface area contributed by atoms with Crippen molar-refractivity contribution in [3.63, 3.8) is 0 Å². The van der Waals surface area contributed by atoms with Gasteiger partial charge < -0.3 is 4.98 Å². The van der Waals surface area contributed by atoms with Crippen LogP contribution >= 0.6 is 0 Å². The quantitative estimate of drug-likeness (QED) is 0.142. The zero-order chi connectivity index (χ0) is 38.7. The van der Waals surface area contributed by atoms with Crippen molar-refractivity contribution in [2.24, 2.45) is 0 Å². The van der Waals surface area contributed by atoms with E-state index in [0.717, 1.165) is 72.1 Å². The summed E-state index contributed by atoms with van der Waals surface area (Å²) >= 11 is 0. The Morgan fingerprint density at radius 3 is 1.29 bits per heavy atom. The summed E-state index contributed by atoms with van der Waals surface area (Å²) in [6, 6.07) is 75.0. The van der Waals surface area contributed by atoms with Crippen LogP contribution in [0.1, 0.15) is 0 Å². The van der Waals surface area contributed by atoms with Gasteiger partial charge in [0.05, 0.1) is 0 Å². The summed E-state index contributed by atoms with van der Waals surface area (Å²) in [4.78, 5) is 20.3. The summed E-state index contributed by atoms with van der Waals surface area (Å²) in [6.07, 6.45) is 1.85. The third kappa shape index (κ3) is 7.90. The first-order chi connectivity index (χ1) is 28.7. The van der Waals surface area contributed by atoms with E-state index in [9.17, 15) is 0 Å². The maximum absolute atomic E-state index is 5.19. The number of hydrogen-bond acceptors (Lipinski definition) is 4. The predicted molar refractivity (Wildman–Crippen MR) is 237 cm³/mol. The maximum atomic E-state index is 5.19. The van der Waals surface area contributed by atoms with Crippen LogP contribution in [0.4, 0.5) is 0 Å². The molecule has 1 radical (unpaired) electrons. The molecule has 0 atom stereocenters. The molecule has 8 aromatic carbocycles. The van der Waals surface area contributed by atoms with Gasteiger partial charge in [0, 0.05) is 37.4 Å². The number of aromatic nitrogens is 4. The zero-order valence-corrected chi connectivity index (χ0v) is 34.2. The van der Waals surface area contributed by atoms with E-state index in [4.69, 9.17) is 19.9 Å². The van der Waals surface area contributed by atoms with Crippen molar-refractivity contribution in [3.05, 3.63) is 219 Å². The van der Waals surface area contributed by atoms with Crippen LogP contribution in [0.25, 0.3) is 101 Å². The van der Waals surface area contributed by atoms with Gasteiger partial charge in [0.15, 0.2) is 11.6 Å². The molecule has 0 unspecified atom stereocenters. The van der Waals surface area contributed by atoms with Gasteiger partial charge in [-0.05, 0) is 97.4 Å². The molecule has 59 heavy (non-hydrogen) atoms. The minimum Gasteiger partial charge on any atom is -0.304 e. The van der Waals surface area contributed by atoms with Crippen molar-refractivity contribution in [3.8, 4) is 89.9 Å². The van der Waals surface area contributed by atoms with Crippen LogP contribution in [-0.2, 0) is 20.1 Å². The van der Waals surface area contributed by atoms with Gasteiger partial charge in [0.25, 0.3) is 0 Å². The van der Waals surface area contributed by atoms with E-state index in [2.05, 4.69) is 176 Å². The van der Waals surface area contributed by atoms with Gasteiger partial charge in [0.1, 0.15) is 5.82 Å².